The van der Waals surface area contributed by atoms with E-state index in [4.69, 9.17) is 19.8 Å². The van der Waals surface area contributed by atoms with Crippen LogP contribution >= 0.6 is 0 Å². The third-order valence-electron chi connectivity index (χ3n) is 3.44. The molecular weight excluding hydrogens is 302 g/mol. The van der Waals surface area contributed by atoms with Gasteiger partial charge >= 0.3 is 11.9 Å². The van der Waals surface area contributed by atoms with E-state index in [2.05, 4.69) is 23.7 Å². The Balaban J connectivity index is 0.000000379. The number of carbonyl (C=O) groups excluding carboxylic acids is 1. The number of rotatable bonds is 2. The van der Waals surface area contributed by atoms with E-state index < -0.39 is 11.9 Å². The summed E-state index contributed by atoms with van der Waals surface area (Å²) in [5.74, 6) is -3.53. The van der Waals surface area contributed by atoms with Gasteiger partial charge in [0, 0.05) is 50.2 Å². The van der Waals surface area contributed by atoms with Gasteiger partial charge in [-0.25, -0.2) is 9.59 Å². The molecule has 1 amide bonds. The molecule has 1 aromatic heterocycles. The predicted molar refractivity (Wildman–Crippen MR) is 82.1 cm³/mol. The summed E-state index contributed by atoms with van der Waals surface area (Å²) < 4.78 is 0. The fraction of sp³-hybridized carbons (Fsp3) is 0.467. The van der Waals surface area contributed by atoms with Crippen LogP contribution in [0, 0.1) is 0 Å². The molecule has 1 aromatic rings. The number of amides is 1. The number of carboxylic acid groups (broad SMARTS) is 2. The van der Waals surface area contributed by atoms with Crippen molar-refractivity contribution < 1.29 is 24.6 Å². The number of aliphatic carboxylic acids is 2. The van der Waals surface area contributed by atoms with Crippen LogP contribution in [0.3, 0.4) is 0 Å². The fourth-order valence-corrected chi connectivity index (χ4v) is 2.12. The van der Waals surface area contributed by atoms with Crippen LogP contribution in [0.2, 0.25) is 0 Å². The molecule has 2 N–H and O–H groups in total. The highest BCUT2D eigenvalue weighted by molar-refractivity contribution is 6.27. The van der Waals surface area contributed by atoms with E-state index >= 15 is 0 Å². The maximum absolute atomic E-state index is 12.2. The molecule has 1 saturated heterocycles. The average Bonchev–Trinajstić information content (AvgIpc) is 2.55. The Morgan fingerprint density at radius 2 is 1.48 bits per heavy atom. The quantitative estimate of drug-likeness (QED) is 0.758. The standard InChI is InChI=1S/C13H19N3O.C2H2O4/c1-11(2)15-7-9-16(10-8-15)13(17)12-3-5-14-6-4-12;3-1(4)2(5)6/h3-6,11H,7-10H2,1-2H3;(H,3,4)(H,5,6). The van der Waals surface area contributed by atoms with Crippen molar-refractivity contribution in [3.63, 3.8) is 0 Å². The number of piperazine rings is 1. The highest BCUT2D eigenvalue weighted by Gasteiger charge is 2.22. The number of pyridine rings is 1. The van der Waals surface area contributed by atoms with Gasteiger partial charge in [-0.1, -0.05) is 0 Å². The van der Waals surface area contributed by atoms with Crippen LogP contribution in [0.25, 0.3) is 0 Å². The number of carbonyl (C=O) groups is 3. The summed E-state index contributed by atoms with van der Waals surface area (Å²) in [5.41, 5.74) is 0.734. The Kier molecular flexibility index (Phi) is 7.14. The van der Waals surface area contributed by atoms with Gasteiger partial charge in [-0.15, -0.1) is 0 Å². The van der Waals surface area contributed by atoms with Crippen molar-refractivity contribution in [1.82, 2.24) is 14.8 Å². The lowest BCUT2D eigenvalue weighted by molar-refractivity contribution is -0.159. The van der Waals surface area contributed by atoms with Gasteiger partial charge in [-0.3, -0.25) is 14.7 Å². The molecule has 2 rings (SSSR count). The van der Waals surface area contributed by atoms with Gasteiger partial charge in [-0.05, 0) is 26.0 Å². The smallest absolute Gasteiger partial charge is 0.414 e. The highest BCUT2D eigenvalue weighted by Crippen LogP contribution is 2.09. The average molecular weight is 323 g/mol. The van der Waals surface area contributed by atoms with Gasteiger partial charge in [0.05, 0.1) is 0 Å². The van der Waals surface area contributed by atoms with Crippen LogP contribution in [-0.4, -0.2) is 75.1 Å². The molecule has 8 heteroatoms. The summed E-state index contributed by atoms with van der Waals surface area (Å²) in [5, 5.41) is 14.8. The van der Waals surface area contributed by atoms with E-state index in [0.717, 1.165) is 31.7 Å². The fourth-order valence-electron chi connectivity index (χ4n) is 2.12. The van der Waals surface area contributed by atoms with E-state index in [0.29, 0.717) is 6.04 Å². The molecule has 0 radical (unpaired) electrons. The number of carboxylic acids is 2. The van der Waals surface area contributed by atoms with E-state index in [1.54, 1.807) is 24.5 Å². The first-order valence-electron chi connectivity index (χ1n) is 7.22. The molecule has 0 spiro atoms. The van der Waals surface area contributed by atoms with Crippen molar-refractivity contribution in [2.24, 2.45) is 0 Å². The van der Waals surface area contributed by atoms with Crippen LogP contribution < -0.4 is 0 Å². The summed E-state index contributed by atoms with van der Waals surface area (Å²) >= 11 is 0. The van der Waals surface area contributed by atoms with Crippen LogP contribution in [0.15, 0.2) is 24.5 Å². The Labute approximate surface area is 134 Å². The van der Waals surface area contributed by atoms with Gasteiger partial charge in [0.15, 0.2) is 0 Å². The first kappa shape index (κ1) is 18.6. The lowest BCUT2D eigenvalue weighted by Crippen LogP contribution is -2.50. The summed E-state index contributed by atoms with van der Waals surface area (Å²) in [7, 11) is 0. The number of nitrogens with zero attached hydrogens (tertiary/aromatic N) is 3. The van der Waals surface area contributed by atoms with Gasteiger partial charge < -0.3 is 15.1 Å². The number of hydrogen-bond acceptors (Lipinski definition) is 5. The van der Waals surface area contributed by atoms with E-state index in [9.17, 15) is 4.79 Å². The van der Waals surface area contributed by atoms with Crippen LogP contribution in [0.5, 0.6) is 0 Å². The molecule has 1 aliphatic heterocycles. The van der Waals surface area contributed by atoms with Crippen molar-refractivity contribution in [3.05, 3.63) is 30.1 Å². The van der Waals surface area contributed by atoms with Crippen LogP contribution in [0.1, 0.15) is 24.2 Å². The Bertz CT molecular complexity index is 527. The second-order valence-corrected chi connectivity index (χ2v) is 5.27. The molecule has 0 aromatic carbocycles. The maximum Gasteiger partial charge on any atom is 0.414 e. The molecular formula is C15H21N3O5. The van der Waals surface area contributed by atoms with E-state index in [1.165, 1.54) is 0 Å². The second kappa shape index (κ2) is 8.84. The molecule has 0 atom stereocenters. The first-order valence-corrected chi connectivity index (χ1v) is 7.22. The third kappa shape index (κ3) is 6.03. The topological polar surface area (TPSA) is 111 Å². The van der Waals surface area contributed by atoms with Crippen molar-refractivity contribution in [2.75, 3.05) is 26.2 Å². The summed E-state index contributed by atoms with van der Waals surface area (Å²) in [6.07, 6.45) is 3.33. The van der Waals surface area contributed by atoms with Gasteiger partial charge in [0.2, 0.25) is 0 Å². The Morgan fingerprint density at radius 1 is 1.00 bits per heavy atom. The van der Waals surface area contributed by atoms with E-state index in [1.807, 2.05) is 4.90 Å². The number of aromatic nitrogens is 1. The molecule has 8 nitrogen and oxygen atoms in total. The highest BCUT2D eigenvalue weighted by atomic mass is 16.4. The molecule has 126 valence electrons. The van der Waals surface area contributed by atoms with Crippen molar-refractivity contribution in [1.29, 1.82) is 0 Å². The minimum atomic E-state index is -1.82. The predicted octanol–water partition coefficient (Wildman–Crippen LogP) is 0.403. The van der Waals surface area contributed by atoms with Gasteiger partial charge in [0.1, 0.15) is 0 Å². The van der Waals surface area contributed by atoms with Gasteiger partial charge in [-0.2, -0.15) is 0 Å². The zero-order valence-corrected chi connectivity index (χ0v) is 13.2. The van der Waals surface area contributed by atoms with Crippen molar-refractivity contribution >= 4 is 17.8 Å². The molecule has 2 heterocycles. The summed E-state index contributed by atoms with van der Waals surface area (Å²) in [4.78, 5) is 38.6. The zero-order chi connectivity index (χ0) is 17.4. The van der Waals surface area contributed by atoms with Crippen LogP contribution in [0.4, 0.5) is 0 Å². The van der Waals surface area contributed by atoms with Crippen LogP contribution in [-0.2, 0) is 9.59 Å². The SMILES string of the molecule is CC(C)N1CCN(C(=O)c2ccncc2)CC1.O=C(O)C(=O)O. The lowest BCUT2D eigenvalue weighted by atomic mass is 10.2. The molecule has 0 aliphatic carbocycles. The molecule has 1 aliphatic rings. The molecule has 0 saturated carbocycles. The van der Waals surface area contributed by atoms with Crippen molar-refractivity contribution in [2.45, 2.75) is 19.9 Å². The molecule has 1 fully saturated rings. The second-order valence-electron chi connectivity index (χ2n) is 5.27. The number of hydrogen-bond donors (Lipinski definition) is 2. The Hall–Kier alpha value is -2.48. The maximum atomic E-state index is 12.2. The minimum absolute atomic E-state index is 0.121. The van der Waals surface area contributed by atoms with Crippen molar-refractivity contribution in [3.8, 4) is 0 Å². The third-order valence-corrected chi connectivity index (χ3v) is 3.44. The largest absolute Gasteiger partial charge is 0.473 e. The first-order chi connectivity index (χ1) is 10.8. The molecule has 0 unspecified atom stereocenters. The summed E-state index contributed by atoms with van der Waals surface area (Å²) in [6.45, 7) is 7.96. The molecule has 23 heavy (non-hydrogen) atoms. The zero-order valence-electron chi connectivity index (χ0n) is 13.2. The Morgan fingerprint density at radius 3 is 1.87 bits per heavy atom. The molecule has 0 bridgehead atoms. The van der Waals surface area contributed by atoms with E-state index in [-0.39, 0.29) is 5.91 Å². The monoisotopic (exact) mass is 323 g/mol. The van der Waals surface area contributed by atoms with Gasteiger partial charge in [0.25, 0.3) is 5.91 Å². The normalized spacial score (nSPS) is 14.8. The summed E-state index contributed by atoms with van der Waals surface area (Å²) in [6, 6.07) is 4.11. The minimum Gasteiger partial charge on any atom is -0.473 e. The lowest BCUT2D eigenvalue weighted by Gasteiger charge is -2.36.